The van der Waals surface area contributed by atoms with E-state index in [0.29, 0.717) is 13.0 Å². The maximum Gasteiger partial charge on any atom is 0.217 e. The van der Waals surface area contributed by atoms with Gasteiger partial charge < -0.3 is 10.5 Å². The summed E-state index contributed by atoms with van der Waals surface area (Å²) in [5.41, 5.74) is 8.51. The minimum atomic E-state index is -0.262. The lowest BCUT2D eigenvalue weighted by atomic mass is 10.00. The monoisotopic (exact) mass is 366 g/mol. The van der Waals surface area contributed by atoms with Gasteiger partial charge in [0.2, 0.25) is 5.91 Å². The van der Waals surface area contributed by atoms with Crippen LogP contribution in [0.1, 0.15) is 36.5 Å². The topological polar surface area (TPSA) is 65.2 Å². The van der Waals surface area contributed by atoms with Gasteiger partial charge in [0.25, 0.3) is 0 Å². The number of hydrogen-bond donors (Lipinski definition) is 1. The number of carbonyl (C=O) groups is 1. The highest BCUT2D eigenvalue weighted by Crippen LogP contribution is 2.29. The van der Waals surface area contributed by atoms with Crippen molar-refractivity contribution in [3.63, 3.8) is 0 Å². The van der Waals surface area contributed by atoms with Crippen LogP contribution in [0.2, 0.25) is 0 Å². The molecule has 0 aliphatic carbocycles. The summed E-state index contributed by atoms with van der Waals surface area (Å²) >= 11 is 1.63. The Labute approximate surface area is 157 Å². The molecular formula is C21H22N2O2S. The molecule has 0 aliphatic heterocycles. The number of nitrogens with zero attached hydrogens (tertiary/aromatic N) is 1. The first-order valence-electron chi connectivity index (χ1n) is 8.69. The molecule has 0 bridgehead atoms. The van der Waals surface area contributed by atoms with Crippen molar-refractivity contribution in [3.8, 4) is 10.6 Å². The van der Waals surface area contributed by atoms with E-state index in [0.717, 1.165) is 34.5 Å². The maximum atomic E-state index is 10.8. The third-order valence-corrected chi connectivity index (χ3v) is 4.92. The van der Waals surface area contributed by atoms with E-state index in [1.165, 1.54) is 0 Å². The van der Waals surface area contributed by atoms with E-state index in [1.54, 1.807) is 11.3 Å². The van der Waals surface area contributed by atoms with Crippen molar-refractivity contribution in [1.29, 1.82) is 0 Å². The van der Waals surface area contributed by atoms with Gasteiger partial charge in [0.1, 0.15) is 11.1 Å². The zero-order chi connectivity index (χ0) is 18.2. The molecule has 1 aromatic heterocycles. The lowest BCUT2D eigenvalue weighted by Gasteiger charge is -2.19. The van der Waals surface area contributed by atoms with E-state index in [1.807, 2.05) is 29.8 Å². The standard InChI is InChI=1S/C21H22N2O2S/c22-19(24)8-4-5-14-25-20(16-6-2-1-3-7-16)17-9-11-18(12-10-17)21-23-13-15-26-21/h1-3,6-7,9-13,15,20H,4-5,8,14H2,(H2,22,24). The summed E-state index contributed by atoms with van der Waals surface area (Å²) in [6.45, 7) is 0.584. The minimum absolute atomic E-state index is 0.130. The molecule has 1 atom stereocenters. The zero-order valence-corrected chi connectivity index (χ0v) is 15.3. The van der Waals surface area contributed by atoms with Crippen molar-refractivity contribution < 1.29 is 9.53 Å². The van der Waals surface area contributed by atoms with Crippen molar-refractivity contribution in [3.05, 3.63) is 77.3 Å². The summed E-state index contributed by atoms with van der Waals surface area (Å²) in [6.07, 6.45) is 3.65. The zero-order valence-electron chi connectivity index (χ0n) is 14.5. The Balaban J connectivity index is 1.72. The number of hydrogen-bond acceptors (Lipinski definition) is 4. The van der Waals surface area contributed by atoms with Gasteiger partial charge in [-0.3, -0.25) is 4.79 Å². The molecule has 0 fully saturated rings. The fraction of sp³-hybridized carbons (Fsp3) is 0.238. The fourth-order valence-electron chi connectivity index (χ4n) is 2.78. The molecular weight excluding hydrogens is 344 g/mol. The molecule has 1 amide bonds. The van der Waals surface area contributed by atoms with Crippen LogP contribution < -0.4 is 5.73 Å². The van der Waals surface area contributed by atoms with Crippen molar-refractivity contribution in [2.45, 2.75) is 25.4 Å². The highest BCUT2D eigenvalue weighted by Gasteiger charge is 2.15. The van der Waals surface area contributed by atoms with Crippen molar-refractivity contribution in [2.75, 3.05) is 6.61 Å². The molecule has 0 saturated heterocycles. The van der Waals surface area contributed by atoms with Crippen LogP contribution in [0.3, 0.4) is 0 Å². The summed E-state index contributed by atoms with van der Waals surface area (Å²) in [5.74, 6) is -0.262. The third-order valence-electron chi connectivity index (χ3n) is 4.10. The second-order valence-corrected chi connectivity index (χ2v) is 6.94. The van der Waals surface area contributed by atoms with Gasteiger partial charge in [-0.25, -0.2) is 4.98 Å². The number of amides is 1. The molecule has 3 aromatic rings. The van der Waals surface area contributed by atoms with Crippen LogP contribution >= 0.6 is 11.3 Å². The Morgan fingerprint density at radius 3 is 2.42 bits per heavy atom. The Morgan fingerprint density at radius 2 is 1.77 bits per heavy atom. The molecule has 4 nitrogen and oxygen atoms in total. The molecule has 1 heterocycles. The number of nitrogens with two attached hydrogens (primary N) is 1. The normalized spacial score (nSPS) is 12.0. The lowest BCUT2D eigenvalue weighted by molar-refractivity contribution is -0.118. The molecule has 0 aliphatic rings. The Hall–Kier alpha value is -2.50. The predicted molar refractivity (Wildman–Crippen MR) is 105 cm³/mol. The number of benzene rings is 2. The molecule has 2 aromatic carbocycles. The fourth-order valence-corrected chi connectivity index (χ4v) is 3.43. The SMILES string of the molecule is NC(=O)CCCCOC(c1ccccc1)c1ccc(-c2nccs2)cc1. The minimum Gasteiger partial charge on any atom is -0.370 e. The van der Waals surface area contributed by atoms with E-state index in [2.05, 4.69) is 41.4 Å². The molecule has 3 rings (SSSR count). The molecule has 134 valence electrons. The highest BCUT2D eigenvalue weighted by molar-refractivity contribution is 7.13. The molecule has 0 radical (unpaired) electrons. The second-order valence-electron chi connectivity index (χ2n) is 6.04. The average molecular weight is 366 g/mol. The number of ether oxygens (including phenoxy) is 1. The maximum absolute atomic E-state index is 10.8. The predicted octanol–water partition coefficient (Wildman–Crippen LogP) is 4.57. The number of thiazole rings is 1. The molecule has 0 spiro atoms. The van der Waals surface area contributed by atoms with Gasteiger partial charge in [-0.05, 0) is 24.0 Å². The first-order chi connectivity index (χ1) is 12.7. The third kappa shape index (κ3) is 5.00. The van der Waals surface area contributed by atoms with Crippen LogP contribution in [0.4, 0.5) is 0 Å². The van der Waals surface area contributed by atoms with E-state index in [9.17, 15) is 4.79 Å². The Morgan fingerprint density at radius 1 is 1.04 bits per heavy atom. The van der Waals surface area contributed by atoms with E-state index < -0.39 is 0 Å². The van der Waals surface area contributed by atoms with Gasteiger partial charge in [0, 0.05) is 30.2 Å². The molecule has 2 N–H and O–H groups in total. The lowest BCUT2D eigenvalue weighted by Crippen LogP contribution is -2.11. The average Bonchev–Trinajstić information content (AvgIpc) is 3.20. The quantitative estimate of drug-likeness (QED) is 0.564. The van der Waals surface area contributed by atoms with Crippen LogP contribution in [0.25, 0.3) is 10.6 Å². The Bertz CT molecular complexity index is 802. The van der Waals surface area contributed by atoms with E-state index in [-0.39, 0.29) is 12.0 Å². The van der Waals surface area contributed by atoms with Gasteiger partial charge in [-0.15, -0.1) is 11.3 Å². The van der Waals surface area contributed by atoms with E-state index >= 15 is 0 Å². The number of aromatic nitrogens is 1. The molecule has 5 heteroatoms. The number of primary amides is 1. The van der Waals surface area contributed by atoms with Crippen LogP contribution in [-0.4, -0.2) is 17.5 Å². The van der Waals surface area contributed by atoms with Crippen molar-refractivity contribution >= 4 is 17.2 Å². The first-order valence-corrected chi connectivity index (χ1v) is 9.56. The van der Waals surface area contributed by atoms with Gasteiger partial charge in [-0.2, -0.15) is 0 Å². The summed E-state index contributed by atoms with van der Waals surface area (Å²) in [5, 5.41) is 2.99. The molecule has 0 saturated carbocycles. The van der Waals surface area contributed by atoms with Crippen LogP contribution in [0.15, 0.2) is 66.2 Å². The number of carbonyl (C=O) groups excluding carboxylic acids is 1. The summed E-state index contributed by atoms with van der Waals surface area (Å²) in [4.78, 5) is 15.2. The van der Waals surface area contributed by atoms with Crippen LogP contribution in [-0.2, 0) is 9.53 Å². The number of rotatable bonds is 9. The van der Waals surface area contributed by atoms with Crippen LogP contribution in [0.5, 0.6) is 0 Å². The smallest absolute Gasteiger partial charge is 0.217 e. The van der Waals surface area contributed by atoms with E-state index in [4.69, 9.17) is 10.5 Å². The highest BCUT2D eigenvalue weighted by atomic mass is 32.1. The molecule has 1 unspecified atom stereocenters. The largest absolute Gasteiger partial charge is 0.370 e. The first kappa shape index (κ1) is 18.3. The van der Waals surface area contributed by atoms with Crippen molar-refractivity contribution in [1.82, 2.24) is 4.98 Å². The van der Waals surface area contributed by atoms with Crippen molar-refractivity contribution in [2.24, 2.45) is 5.73 Å². The second kappa shape index (κ2) is 9.27. The van der Waals surface area contributed by atoms with Crippen LogP contribution in [0, 0.1) is 0 Å². The van der Waals surface area contributed by atoms with Gasteiger partial charge >= 0.3 is 0 Å². The summed E-state index contributed by atoms with van der Waals surface area (Å²) < 4.78 is 6.16. The number of unbranched alkanes of at least 4 members (excludes halogenated alkanes) is 1. The Kier molecular flexibility index (Phi) is 6.52. The van der Waals surface area contributed by atoms with Gasteiger partial charge in [-0.1, -0.05) is 54.6 Å². The van der Waals surface area contributed by atoms with Gasteiger partial charge in [0.05, 0.1) is 0 Å². The van der Waals surface area contributed by atoms with Gasteiger partial charge in [0.15, 0.2) is 0 Å². The summed E-state index contributed by atoms with van der Waals surface area (Å²) in [7, 11) is 0. The molecule has 26 heavy (non-hydrogen) atoms. The summed E-state index contributed by atoms with van der Waals surface area (Å²) in [6, 6.07) is 18.5.